The summed E-state index contributed by atoms with van der Waals surface area (Å²) in [7, 11) is 9.55. The van der Waals surface area contributed by atoms with Crippen LogP contribution in [0.2, 0.25) is 0 Å². The van der Waals surface area contributed by atoms with E-state index in [1.54, 1.807) is 12.1 Å². The second-order valence-electron chi connectivity index (χ2n) is 12.1. The van der Waals surface area contributed by atoms with Gasteiger partial charge in [-0.1, -0.05) is 12.1 Å². The van der Waals surface area contributed by atoms with Gasteiger partial charge in [-0.3, -0.25) is 0 Å². The van der Waals surface area contributed by atoms with E-state index < -0.39 is 0 Å². The fourth-order valence-electron chi connectivity index (χ4n) is 6.65. The summed E-state index contributed by atoms with van der Waals surface area (Å²) in [4.78, 5) is 29.9. The van der Waals surface area contributed by atoms with Crippen LogP contribution in [-0.2, 0) is 32.9 Å². The Morgan fingerprint density at radius 1 is 0.729 bits per heavy atom. The Morgan fingerprint density at radius 2 is 1.33 bits per heavy atom. The zero-order chi connectivity index (χ0) is 33.1. The molecule has 1 aromatic carbocycles. The zero-order valence-electron chi connectivity index (χ0n) is 27.3. The molecule has 0 aliphatic carbocycles. The molecule has 7 heterocycles. The molecule has 6 aromatic rings. The number of aromatic amines is 2. The lowest BCUT2D eigenvalue weighted by atomic mass is 10.0. The number of hydrogen-bond donors (Lipinski definition) is 2. The van der Waals surface area contributed by atoms with E-state index in [0.717, 1.165) is 78.7 Å². The third-order valence-corrected chi connectivity index (χ3v) is 8.94. The number of carbonyl (C=O) groups excluding carboxylic acids is 1. The highest BCUT2D eigenvalue weighted by Gasteiger charge is 2.25. The fourth-order valence-corrected chi connectivity index (χ4v) is 6.65. The molecule has 0 saturated heterocycles. The Kier molecular flexibility index (Phi) is 6.80. The Labute approximate surface area is 276 Å². The van der Waals surface area contributed by atoms with Gasteiger partial charge in [-0.2, -0.15) is 0 Å². The van der Waals surface area contributed by atoms with Crippen LogP contribution in [0.5, 0.6) is 0 Å². The minimum atomic E-state index is -0.373. The summed E-state index contributed by atoms with van der Waals surface area (Å²) in [6.45, 7) is 0. The average molecular weight is 635 g/mol. The van der Waals surface area contributed by atoms with E-state index in [-0.39, 0.29) is 5.97 Å². The van der Waals surface area contributed by atoms with E-state index in [1.807, 2.05) is 77.3 Å². The lowest BCUT2D eigenvalue weighted by molar-refractivity contribution is -0.659. The molecule has 0 atom stereocenters. The van der Waals surface area contributed by atoms with Crippen LogP contribution in [0.3, 0.4) is 0 Å². The third kappa shape index (κ3) is 4.85. The van der Waals surface area contributed by atoms with Gasteiger partial charge in [-0.25, -0.2) is 33.0 Å². The summed E-state index contributed by atoms with van der Waals surface area (Å²) in [6, 6.07) is 17.9. The lowest BCUT2D eigenvalue weighted by Gasteiger charge is -2.06. The molecule has 0 unspecified atom stereocenters. The van der Waals surface area contributed by atoms with E-state index >= 15 is 0 Å². The SMILES string of the molecule is COC(=O)c1ccc(-c2cc3cc4nc(c(-c5n(C)cc[n+]5C)c5ccc(cc6nc(c(-c7n(C)cc[n+]7C)c2[nH]3)C=C6)[nH]5)C=C4)cc1. The zero-order valence-corrected chi connectivity index (χ0v) is 27.3. The van der Waals surface area contributed by atoms with Gasteiger partial charge in [0.2, 0.25) is 0 Å². The summed E-state index contributed by atoms with van der Waals surface area (Å²) in [5.41, 5.74) is 11.4. The molecule has 48 heavy (non-hydrogen) atoms. The lowest BCUT2D eigenvalue weighted by Crippen LogP contribution is -2.29. The molecule has 0 spiro atoms. The number of nitrogens with zero attached hydrogens (tertiary/aromatic N) is 6. The van der Waals surface area contributed by atoms with Gasteiger partial charge >= 0.3 is 5.97 Å². The predicted molar refractivity (Wildman–Crippen MR) is 187 cm³/mol. The number of aromatic nitrogens is 8. The number of carbonyl (C=O) groups is 1. The summed E-state index contributed by atoms with van der Waals surface area (Å²) in [5.74, 6) is 1.63. The Morgan fingerprint density at radius 3 is 1.94 bits per heavy atom. The van der Waals surface area contributed by atoms with Crippen LogP contribution in [0.15, 0.2) is 79.4 Å². The molecule has 0 fully saturated rings. The summed E-state index contributed by atoms with van der Waals surface area (Å²) < 4.78 is 13.4. The minimum absolute atomic E-state index is 0.373. The van der Waals surface area contributed by atoms with Gasteiger partial charge in [0.05, 0.1) is 74.7 Å². The van der Waals surface area contributed by atoms with Crippen LogP contribution < -0.4 is 9.13 Å². The van der Waals surface area contributed by atoms with Crippen molar-refractivity contribution in [3.8, 4) is 33.9 Å². The van der Waals surface area contributed by atoms with Crippen molar-refractivity contribution in [2.24, 2.45) is 28.2 Å². The number of imidazole rings is 2. The van der Waals surface area contributed by atoms with Crippen molar-refractivity contribution in [3.05, 3.63) is 108 Å². The number of fused-ring (bicyclic) bond motifs is 8. The maximum Gasteiger partial charge on any atom is 0.337 e. The van der Waals surface area contributed by atoms with Crippen molar-refractivity contribution in [1.29, 1.82) is 0 Å². The van der Waals surface area contributed by atoms with E-state index in [0.29, 0.717) is 5.56 Å². The topological polar surface area (TPSA) is 101 Å². The van der Waals surface area contributed by atoms with Crippen molar-refractivity contribution in [1.82, 2.24) is 29.1 Å². The predicted octanol–water partition coefficient (Wildman–Crippen LogP) is 5.77. The van der Waals surface area contributed by atoms with Crippen molar-refractivity contribution in [2.45, 2.75) is 0 Å². The highest BCUT2D eigenvalue weighted by molar-refractivity contribution is 5.99. The molecule has 5 aromatic heterocycles. The number of esters is 1. The van der Waals surface area contributed by atoms with E-state index in [4.69, 9.17) is 14.7 Å². The van der Waals surface area contributed by atoms with Crippen LogP contribution in [0.4, 0.5) is 0 Å². The first-order valence-corrected chi connectivity index (χ1v) is 15.6. The molecule has 0 saturated carbocycles. The van der Waals surface area contributed by atoms with Crippen LogP contribution in [0, 0.1) is 0 Å². The molecule has 8 bridgehead atoms. The maximum atomic E-state index is 12.3. The number of hydrogen-bond acceptors (Lipinski definition) is 4. The first kappa shape index (κ1) is 29.1. The number of benzene rings is 1. The number of H-pyrrole nitrogens is 2. The molecule has 0 amide bonds. The Balaban J connectivity index is 1.50. The first-order valence-electron chi connectivity index (χ1n) is 15.6. The molecule has 2 aliphatic rings. The quantitative estimate of drug-likeness (QED) is 0.190. The highest BCUT2D eigenvalue weighted by atomic mass is 16.5. The van der Waals surface area contributed by atoms with Gasteiger partial charge in [0, 0.05) is 16.6 Å². The van der Waals surface area contributed by atoms with Crippen LogP contribution >= 0.6 is 0 Å². The van der Waals surface area contributed by atoms with Gasteiger partial charge in [-0.15, -0.1) is 0 Å². The second kappa shape index (κ2) is 11.2. The number of nitrogens with one attached hydrogen (secondary N) is 2. The van der Waals surface area contributed by atoms with Crippen LogP contribution in [-0.4, -0.2) is 42.1 Å². The summed E-state index contributed by atoms with van der Waals surface area (Å²) in [6.07, 6.45) is 16.4. The Hall–Kier alpha value is -6.29. The first-order chi connectivity index (χ1) is 23.3. The fraction of sp³-hybridized carbons (Fsp3) is 0.132. The normalized spacial score (nSPS) is 12.2. The summed E-state index contributed by atoms with van der Waals surface area (Å²) in [5, 5.41) is 0. The number of aryl methyl sites for hydroxylation is 4. The number of rotatable bonds is 4. The van der Waals surface area contributed by atoms with Crippen LogP contribution in [0.1, 0.15) is 33.1 Å². The second-order valence-corrected chi connectivity index (χ2v) is 12.1. The molecule has 10 nitrogen and oxygen atoms in total. The van der Waals surface area contributed by atoms with Gasteiger partial charge < -0.3 is 14.7 Å². The van der Waals surface area contributed by atoms with Gasteiger partial charge in [0.1, 0.15) is 35.9 Å². The molecular weight excluding hydrogens is 600 g/mol. The molecule has 236 valence electrons. The number of methoxy groups -OCH3 is 1. The molecule has 10 heteroatoms. The molecule has 0 radical (unpaired) electrons. The van der Waals surface area contributed by atoms with E-state index in [2.05, 4.69) is 70.7 Å². The van der Waals surface area contributed by atoms with Gasteiger partial charge in [-0.05, 0) is 72.3 Å². The standard InChI is InChI=1S/C38H32N8O2/c1-43-16-17-44(2)36(43)33-30-13-10-25(39-30)20-26-12-15-32(41-26)34(37-45(3)18-19-46(37)4)35-29(23-6-8-24(9-7-23)38(47)48-5)22-28(42-35)21-27-11-14-31(33)40-27/h6-22H,1-5H3/p+2. The number of ether oxygens (including phenoxy) is 1. The van der Waals surface area contributed by atoms with E-state index in [9.17, 15) is 4.79 Å². The molecular formula is C38H34N8O2+2. The monoisotopic (exact) mass is 634 g/mol. The Bertz CT molecular complexity index is 2460. The van der Waals surface area contributed by atoms with Gasteiger partial charge in [0.25, 0.3) is 11.6 Å². The van der Waals surface area contributed by atoms with Crippen molar-refractivity contribution in [3.63, 3.8) is 0 Å². The smallest absolute Gasteiger partial charge is 0.337 e. The van der Waals surface area contributed by atoms with Gasteiger partial charge in [0.15, 0.2) is 0 Å². The highest BCUT2D eigenvalue weighted by Crippen LogP contribution is 2.36. The molecule has 8 rings (SSSR count). The van der Waals surface area contributed by atoms with Crippen LogP contribution in [0.25, 0.3) is 80.3 Å². The van der Waals surface area contributed by atoms with Crippen molar-refractivity contribution < 1.29 is 18.7 Å². The third-order valence-electron chi connectivity index (χ3n) is 8.94. The minimum Gasteiger partial charge on any atom is -0.465 e. The summed E-state index contributed by atoms with van der Waals surface area (Å²) >= 11 is 0. The van der Waals surface area contributed by atoms with Crippen molar-refractivity contribution >= 4 is 52.3 Å². The van der Waals surface area contributed by atoms with Crippen molar-refractivity contribution in [2.75, 3.05) is 7.11 Å². The molecule has 2 aliphatic heterocycles. The molecule has 2 N–H and O–H groups in total. The largest absolute Gasteiger partial charge is 0.465 e. The average Bonchev–Trinajstić information content (AvgIpc) is 3.95. The van der Waals surface area contributed by atoms with E-state index in [1.165, 1.54) is 7.11 Å². The maximum absolute atomic E-state index is 12.3.